The molecule has 3 N–H and O–H groups in total. The van der Waals surface area contributed by atoms with Gasteiger partial charge in [-0.2, -0.15) is 0 Å². The minimum absolute atomic E-state index is 0.0511. The molecule has 1 aromatic heterocycles. The number of halogens is 1. The lowest BCUT2D eigenvalue weighted by Gasteiger charge is -2.14. The Labute approximate surface area is 250 Å². The van der Waals surface area contributed by atoms with Gasteiger partial charge in [0.15, 0.2) is 19.9 Å². The van der Waals surface area contributed by atoms with Gasteiger partial charge in [-0.3, -0.25) is 23.9 Å². The lowest BCUT2D eigenvalue weighted by Crippen LogP contribution is -2.35. The molecule has 0 fully saturated rings. The second-order valence-electron chi connectivity index (χ2n) is 10.8. The van der Waals surface area contributed by atoms with Crippen LogP contribution in [0.3, 0.4) is 0 Å². The monoisotopic (exact) mass is 610 g/mol. The average molecular weight is 611 g/mol. The molecule has 0 unspecified atom stereocenters. The van der Waals surface area contributed by atoms with Gasteiger partial charge in [0.05, 0.1) is 31.5 Å². The number of nitrogens with zero attached hydrogens (tertiary/aromatic N) is 4. The van der Waals surface area contributed by atoms with Gasteiger partial charge in [-0.1, -0.05) is 23.7 Å². The maximum Gasteiger partial charge on any atom is 0.222 e. The lowest BCUT2D eigenvalue weighted by molar-refractivity contribution is -0.125. The summed E-state index contributed by atoms with van der Waals surface area (Å²) >= 11 is 6.15. The molecule has 2 heterocycles. The summed E-state index contributed by atoms with van der Waals surface area (Å²) in [5.74, 6) is 1.07. The molecule has 3 aromatic rings. The fourth-order valence-corrected chi connectivity index (χ4v) is 5.72. The van der Waals surface area contributed by atoms with Gasteiger partial charge in [-0.25, -0.2) is 0 Å². The van der Waals surface area contributed by atoms with Crippen molar-refractivity contribution >= 4 is 43.2 Å². The summed E-state index contributed by atoms with van der Waals surface area (Å²) in [6, 6.07) is 12.4. The van der Waals surface area contributed by atoms with Gasteiger partial charge in [0.25, 0.3) is 0 Å². The van der Waals surface area contributed by atoms with Gasteiger partial charge in [-0.15, -0.1) is 10.2 Å². The first-order valence-electron chi connectivity index (χ1n) is 13.7. The third-order valence-corrected chi connectivity index (χ3v) is 8.10. The molecular weight excluding hydrogens is 576 g/mol. The van der Waals surface area contributed by atoms with Crippen molar-refractivity contribution in [3.05, 3.63) is 70.3 Å². The van der Waals surface area contributed by atoms with Crippen molar-refractivity contribution in [2.75, 3.05) is 20.2 Å². The van der Waals surface area contributed by atoms with Crippen molar-refractivity contribution in [2.45, 2.75) is 51.4 Å². The van der Waals surface area contributed by atoms with Crippen molar-refractivity contribution < 1.29 is 23.9 Å². The molecule has 0 saturated carbocycles. The quantitative estimate of drug-likeness (QED) is 0.210. The van der Waals surface area contributed by atoms with Crippen molar-refractivity contribution in [3.8, 4) is 11.4 Å². The number of rotatable bonds is 12. The molecule has 42 heavy (non-hydrogen) atoms. The number of benzene rings is 2. The highest BCUT2D eigenvalue weighted by atomic mass is 35.5. The SMILES string of the molecule is COc1ccc2c(c1)C(c1ccc(Cl)cc1)=N[C@@H](CC(=O)NCC(=O)CCCNC(=O)C[Si](C)(C)O)c1nnc(C)n1-2. The van der Waals surface area contributed by atoms with Gasteiger partial charge in [0.1, 0.15) is 17.6 Å². The number of ketones is 1. The molecule has 0 saturated heterocycles. The van der Waals surface area contributed by atoms with Crippen LogP contribution in [0, 0.1) is 6.92 Å². The summed E-state index contributed by atoms with van der Waals surface area (Å²) in [6.07, 6.45) is 0.591. The van der Waals surface area contributed by atoms with Crippen LogP contribution in [0.4, 0.5) is 0 Å². The van der Waals surface area contributed by atoms with Crippen molar-refractivity contribution in [3.63, 3.8) is 0 Å². The van der Waals surface area contributed by atoms with E-state index >= 15 is 0 Å². The predicted molar refractivity (Wildman–Crippen MR) is 162 cm³/mol. The third-order valence-electron chi connectivity index (χ3n) is 6.66. The first-order valence-corrected chi connectivity index (χ1v) is 17.2. The van der Waals surface area contributed by atoms with Crippen LogP contribution in [0.1, 0.15) is 48.1 Å². The second-order valence-corrected chi connectivity index (χ2v) is 15.2. The van der Waals surface area contributed by atoms with Gasteiger partial charge >= 0.3 is 0 Å². The van der Waals surface area contributed by atoms with Crippen LogP contribution in [0.2, 0.25) is 24.2 Å². The van der Waals surface area contributed by atoms with E-state index in [0.29, 0.717) is 41.1 Å². The smallest absolute Gasteiger partial charge is 0.222 e. The highest BCUT2D eigenvalue weighted by Crippen LogP contribution is 2.34. The number of fused-ring (bicyclic) bond motifs is 3. The molecule has 1 aliphatic rings. The number of nitrogens with one attached hydrogen (secondary N) is 2. The number of aliphatic imine (C=N–C) groups is 1. The molecule has 4 rings (SSSR count). The van der Waals surface area contributed by atoms with Gasteiger partial charge < -0.3 is 20.2 Å². The molecule has 1 atom stereocenters. The number of carbonyl (C=O) groups excluding carboxylic acids is 3. The molecule has 222 valence electrons. The predicted octanol–water partition coefficient (Wildman–Crippen LogP) is 3.30. The number of amides is 2. The van der Waals surface area contributed by atoms with Crippen LogP contribution in [0.25, 0.3) is 5.69 Å². The summed E-state index contributed by atoms with van der Waals surface area (Å²) in [6.45, 7) is 5.42. The maximum atomic E-state index is 13.1. The molecule has 0 spiro atoms. The largest absolute Gasteiger partial charge is 0.497 e. The van der Waals surface area contributed by atoms with Crippen LogP contribution in [-0.4, -0.2) is 71.4 Å². The van der Waals surface area contributed by atoms with E-state index < -0.39 is 14.4 Å². The molecular formula is C29H35ClN6O5Si. The summed E-state index contributed by atoms with van der Waals surface area (Å²) in [4.78, 5) is 52.2. The molecule has 0 aliphatic carbocycles. The molecule has 2 aromatic carbocycles. The Morgan fingerprint density at radius 1 is 1.07 bits per heavy atom. The molecule has 0 bridgehead atoms. The number of aryl methyl sites for hydroxylation is 1. The minimum atomic E-state index is -2.48. The fraction of sp³-hybridized carbons (Fsp3) is 0.379. The third kappa shape index (κ3) is 7.90. The molecule has 13 heteroatoms. The van der Waals surface area contributed by atoms with Crippen LogP contribution < -0.4 is 15.4 Å². The first-order chi connectivity index (χ1) is 19.9. The molecule has 1 aliphatic heterocycles. The Morgan fingerprint density at radius 3 is 2.50 bits per heavy atom. The van der Waals surface area contributed by atoms with Crippen LogP contribution in [0.15, 0.2) is 47.5 Å². The zero-order valence-electron chi connectivity index (χ0n) is 24.1. The molecule has 11 nitrogen and oxygen atoms in total. The van der Waals surface area contributed by atoms with Crippen molar-refractivity contribution in [2.24, 2.45) is 4.99 Å². The van der Waals surface area contributed by atoms with Crippen molar-refractivity contribution in [1.29, 1.82) is 0 Å². The van der Waals surface area contributed by atoms with E-state index in [-0.39, 0.29) is 43.0 Å². The number of methoxy groups -OCH3 is 1. The summed E-state index contributed by atoms with van der Waals surface area (Å²) in [7, 11) is -0.882. The normalized spacial score (nSPS) is 14.2. The van der Waals surface area contributed by atoms with E-state index in [4.69, 9.17) is 21.3 Å². The summed E-state index contributed by atoms with van der Waals surface area (Å²) in [5, 5.41) is 14.6. The van der Waals surface area contributed by atoms with E-state index in [1.165, 1.54) is 0 Å². The second kappa shape index (κ2) is 13.4. The van der Waals surface area contributed by atoms with Gasteiger partial charge in [0.2, 0.25) is 11.8 Å². The van der Waals surface area contributed by atoms with E-state index in [1.54, 1.807) is 32.3 Å². The number of hydrogen-bond acceptors (Lipinski definition) is 8. The van der Waals surface area contributed by atoms with Crippen LogP contribution >= 0.6 is 11.6 Å². The summed E-state index contributed by atoms with van der Waals surface area (Å²) < 4.78 is 7.38. The Kier molecular flexibility index (Phi) is 9.92. The zero-order valence-corrected chi connectivity index (χ0v) is 25.9. The lowest BCUT2D eigenvalue weighted by atomic mass is 10.00. The van der Waals surface area contributed by atoms with Crippen LogP contribution in [-0.2, 0) is 14.4 Å². The van der Waals surface area contributed by atoms with E-state index in [0.717, 1.165) is 16.8 Å². The minimum Gasteiger partial charge on any atom is -0.497 e. The van der Waals surface area contributed by atoms with Crippen molar-refractivity contribution in [1.82, 2.24) is 25.4 Å². The number of hydrogen-bond donors (Lipinski definition) is 3. The Morgan fingerprint density at radius 2 is 1.81 bits per heavy atom. The topological polar surface area (TPSA) is 148 Å². The molecule has 0 radical (unpaired) electrons. The first kappa shape index (κ1) is 31.1. The standard InChI is InChI=1S/C29H35ClN6O5Si/c1-18-34-35-29-24(15-26(38)32-16-21(37)6-5-13-31-27(39)17-42(3,4)40)33-28(19-7-9-20(30)10-8-19)23-14-22(41-2)11-12-25(23)36(18)29/h7-12,14,24,40H,5-6,13,15-17H2,1-4H3,(H,31,39)(H,32,38)/t24-/m0/s1. The van der Waals surface area contributed by atoms with E-state index in [9.17, 15) is 19.2 Å². The zero-order chi connectivity index (χ0) is 30.4. The fourth-order valence-electron chi connectivity index (χ4n) is 4.68. The van der Waals surface area contributed by atoms with Gasteiger partial charge in [-0.05, 0) is 56.8 Å². The van der Waals surface area contributed by atoms with E-state index in [1.807, 2.05) is 41.8 Å². The maximum absolute atomic E-state index is 13.1. The van der Waals surface area contributed by atoms with Gasteiger partial charge in [0, 0.05) is 35.2 Å². The Balaban J connectivity index is 1.48. The number of Topliss-reactive ketones (excluding diaryl/α,β-unsaturated/α-hetero) is 1. The van der Waals surface area contributed by atoms with E-state index in [2.05, 4.69) is 20.8 Å². The average Bonchev–Trinajstić information content (AvgIpc) is 3.26. The number of carbonyl (C=O) groups is 3. The molecule has 2 amide bonds. The Hall–Kier alpha value is -3.87. The number of aromatic nitrogens is 3. The highest BCUT2D eigenvalue weighted by molar-refractivity contribution is 6.72. The Bertz CT molecular complexity index is 1500. The van der Waals surface area contributed by atoms with Crippen LogP contribution in [0.5, 0.6) is 5.75 Å². The number of ether oxygens (including phenoxy) is 1. The highest BCUT2D eigenvalue weighted by Gasteiger charge is 2.30. The summed E-state index contributed by atoms with van der Waals surface area (Å²) in [5.41, 5.74) is 3.05.